The van der Waals surface area contributed by atoms with Crippen molar-refractivity contribution in [2.45, 2.75) is 19.5 Å². The Morgan fingerprint density at radius 3 is 2.52 bits per heavy atom. The number of hydrogen-bond donors (Lipinski definition) is 2. The number of nitrogens with one attached hydrogen (secondary N) is 2. The monoisotopic (exact) mass is 360 g/mol. The number of ether oxygens (including phenoxy) is 3. The van der Waals surface area contributed by atoms with Crippen LogP contribution in [0.2, 0.25) is 0 Å². The Morgan fingerprint density at radius 2 is 1.88 bits per heavy atom. The summed E-state index contributed by atoms with van der Waals surface area (Å²) in [6.07, 6.45) is 1.60. The minimum atomic E-state index is -3.00. The predicted molar refractivity (Wildman–Crippen MR) is 86.1 cm³/mol. The number of methoxy groups -OCH3 is 2. The van der Waals surface area contributed by atoms with E-state index in [2.05, 4.69) is 15.4 Å². The molecule has 0 bridgehead atoms. The number of alkyl halides is 2. The molecule has 0 fully saturated rings. The minimum Gasteiger partial charge on any atom is -0.493 e. The van der Waals surface area contributed by atoms with E-state index in [1.807, 2.05) is 0 Å². The zero-order valence-electron chi connectivity index (χ0n) is 14.1. The van der Waals surface area contributed by atoms with E-state index in [1.165, 1.54) is 25.3 Å². The summed E-state index contributed by atoms with van der Waals surface area (Å²) in [5, 5.41) is 5.11. The molecule has 0 aliphatic carbocycles. The van der Waals surface area contributed by atoms with Crippen molar-refractivity contribution in [3.63, 3.8) is 0 Å². The molecule has 140 valence electrons. The third-order valence-corrected chi connectivity index (χ3v) is 3.15. The molecule has 0 aliphatic heterocycles. The van der Waals surface area contributed by atoms with Crippen molar-refractivity contribution < 1.29 is 32.6 Å². The van der Waals surface area contributed by atoms with E-state index in [9.17, 15) is 18.4 Å². The summed E-state index contributed by atoms with van der Waals surface area (Å²) in [6.45, 7) is -2.08. The van der Waals surface area contributed by atoms with Crippen LogP contribution < -0.4 is 20.1 Å². The van der Waals surface area contributed by atoms with Gasteiger partial charge in [0.2, 0.25) is 5.91 Å². The molecule has 0 atom stereocenters. The van der Waals surface area contributed by atoms with E-state index in [1.54, 1.807) is 7.11 Å². The molecule has 2 amide bonds. The van der Waals surface area contributed by atoms with Gasteiger partial charge in [0, 0.05) is 25.8 Å². The first-order valence-corrected chi connectivity index (χ1v) is 7.64. The summed E-state index contributed by atoms with van der Waals surface area (Å²) in [4.78, 5) is 23.6. The topological polar surface area (TPSA) is 85.9 Å². The van der Waals surface area contributed by atoms with Gasteiger partial charge in [-0.1, -0.05) is 0 Å². The Hall–Kier alpha value is -2.42. The number of halogens is 2. The highest BCUT2D eigenvalue weighted by molar-refractivity contribution is 5.97. The van der Waals surface area contributed by atoms with Crippen molar-refractivity contribution in [3.05, 3.63) is 23.8 Å². The molecular weight excluding hydrogens is 338 g/mol. The van der Waals surface area contributed by atoms with Crippen LogP contribution in [0.4, 0.5) is 8.78 Å². The normalized spacial score (nSPS) is 10.4. The fourth-order valence-corrected chi connectivity index (χ4v) is 1.93. The largest absolute Gasteiger partial charge is 0.493 e. The van der Waals surface area contributed by atoms with E-state index >= 15 is 0 Å². The Balaban J connectivity index is 2.47. The molecule has 2 N–H and O–H groups in total. The maximum absolute atomic E-state index is 12.3. The van der Waals surface area contributed by atoms with E-state index in [-0.39, 0.29) is 29.5 Å². The number of amides is 2. The molecule has 0 saturated carbocycles. The van der Waals surface area contributed by atoms with Crippen LogP contribution in [0, 0.1) is 0 Å². The molecule has 0 unspecified atom stereocenters. The van der Waals surface area contributed by atoms with Gasteiger partial charge >= 0.3 is 6.61 Å². The molecule has 7 nitrogen and oxygen atoms in total. The van der Waals surface area contributed by atoms with E-state index in [0.717, 1.165) is 12.8 Å². The fourth-order valence-electron chi connectivity index (χ4n) is 1.93. The van der Waals surface area contributed by atoms with E-state index < -0.39 is 12.5 Å². The van der Waals surface area contributed by atoms with Crippen LogP contribution in [0.15, 0.2) is 18.2 Å². The number of carbonyl (C=O) groups is 2. The molecule has 25 heavy (non-hydrogen) atoms. The lowest BCUT2D eigenvalue weighted by molar-refractivity contribution is -0.120. The Bertz CT molecular complexity index is 569. The molecule has 0 aromatic heterocycles. The van der Waals surface area contributed by atoms with Gasteiger partial charge in [-0.05, 0) is 31.0 Å². The maximum atomic E-state index is 12.3. The van der Waals surface area contributed by atoms with Crippen molar-refractivity contribution in [1.82, 2.24) is 10.6 Å². The summed E-state index contributed by atoms with van der Waals surface area (Å²) >= 11 is 0. The van der Waals surface area contributed by atoms with E-state index in [4.69, 9.17) is 9.47 Å². The SMILES string of the molecule is COCCCCNC(=O)CNC(=O)c1ccc(OC(F)F)c(OC)c1. The zero-order chi connectivity index (χ0) is 18.7. The van der Waals surface area contributed by atoms with Gasteiger partial charge in [-0.3, -0.25) is 9.59 Å². The molecule has 9 heteroatoms. The Labute approximate surface area is 144 Å². The van der Waals surface area contributed by atoms with Crippen molar-refractivity contribution >= 4 is 11.8 Å². The second-order valence-electron chi connectivity index (χ2n) is 4.98. The first-order valence-electron chi connectivity index (χ1n) is 7.64. The molecule has 0 spiro atoms. The van der Waals surface area contributed by atoms with Crippen molar-refractivity contribution in [3.8, 4) is 11.5 Å². The van der Waals surface area contributed by atoms with E-state index in [0.29, 0.717) is 13.2 Å². The molecule has 0 saturated heterocycles. The lowest BCUT2D eigenvalue weighted by Crippen LogP contribution is -2.37. The molecule has 1 aromatic rings. The second-order valence-corrected chi connectivity index (χ2v) is 4.98. The van der Waals surface area contributed by atoms with Crippen molar-refractivity contribution in [2.75, 3.05) is 33.9 Å². The number of carbonyl (C=O) groups excluding carboxylic acids is 2. The highest BCUT2D eigenvalue weighted by Gasteiger charge is 2.14. The average Bonchev–Trinajstić information content (AvgIpc) is 2.59. The highest BCUT2D eigenvalue weighted by atomic mass is 19.3. The van der Waals surface area contributed by atoms with Crippen LogP contribution in [0.3, 0.4) is 0 Å². The summed E-state index contributed by atoms with van der Waals surface area (Å²) in [5.74, 6) is -1.04. The first kappa shape index (κ1) is 20.6. The van der Waals surface area contributed by atoms with Gasteiger partial charge in [0.25, 0.3) is 5.91 Å². The van der Waals surface area contributed by atoms with Crippen LogP contribution in [0.5, 0.6) is 11.5 Å². The van der Waals surface area contributed by atoms with Crippen LogP contribution in [-0.4, -0.2) is 52.3 Å². The van der Waals surface area contributed by atoms with Crippen molar-refractivity contribution in [2.24, 2.45) is 0 Å². The minimum absolute atomic E-state index is 0.00413. The van der Waals surface area contributed by atoms with Crippen LogP contribution in [0.25, 0.3) is 0 Å². The van der Waals surface area contributed by atoms with Gasteiger partial charge < -0.3 is 24.8 Å². The summed E-state index contributed by atoms with van der Waals surface area (Å²) in [5.41, 5.74) is 0.159. The predicted octanol–water partition coefficient (Wildman–Crippen LogP) is 1.57. The number of hydrogen-bond acceptors (Lipinski definition) is 5. The number of unbranched alkanes of at least 4 members (excludes halogenated alkanes) is 1. The molecular formula is C16H22F2N2O5. The summed E-state index contributed by atoms with van der Waals surface area (Å²) in [7, 11) is 2.88. The van der Waals surface area contributed by atoms with Gasteiger partial charge in [0.05, 0.1) is 13.7 Å². The van der Waals surface area contributed by atoms with Crippen LogP contribution in [0.1, 0.15) is 23.2 Å². The standard InChI is InChI=1S/C16H22F2N2O5/c1-23-8-4-3-7-19-14(21)10-20-15(22)11-5-6-12(25-16(17)18)13(9-11)24-2/h5-6,9,16H,3-4,7-8,10H2,1-2H3,(H,19,21)(H,20,22). The second kappa shape index (κ2) is 11.2. The Morgan fingerprint density at radius 1 is 1.12 bits per heavy atom. The van der Waals surface area contributed by atoms with Gasteiger partial charge in [-0.15, -0.1) is 0 Å². The molecule has 1 rings (SSSR count). The molecule has 0 heterocycles. The summed E-state index contributed by atoms with van der Waals surface area (Å²) in [6, 6.07) is 3.77. The third-order valence-electron chi connectivity index (χ3n) is 3.15. The third kappa shape index (κ3) is 7.79. The Kier molecular flexibility index (Phi) is 9.23. The van der Waals surface area contributed by atoms with Gasteiger partial charge in [0.1, 0.15) is 0 Å². The van der Waals surface area contributed by atoms with Gasteiger partial charge in [-0.2, -0.15) is 8.78 Å². The van der Waals surface area contributed by atoms with Crippen LogP contribution in [-0.2, 0) is 9.53 Å². The quantitative estimate of drug-likeness (QED) is 0.585. The van der Waals surface area contributed by atoms with Gasteiger partial charge in [0.15, 0.2) is 11.5 Å². The smallest absolute Gasteiger partial charge is 0.387 e. The molecule has 0 aliphatic rings. The van der Waals surface area contributed by atoms with Gasteiger partial charge in [-0.25, -0.2) is 0 Å². The lowest BCUT2D eigenvalue weighted by Gasteiger charge is -2.11. The number of rotatable bonds is 11. The molecule has 1 aromatic carbocycles. The number of benzene rings is 1. The maximum Gasteiger partial charge on any atom is 0.387 e. The lowest BCUT2D eigenvalue weighted by atomic mass is 10.2. The van der Waals surface area contributed by atoms with Crippen molar-refractivity contribution in [1.29, 1.82) is 0 Å². The molecule has 0 radical (unpaired) electrons. The average molecular weight is 360 g/mol. The highest BCUT2D eigenvalue weighted by Crippen LogP contribution is 2.29. The summed E-state index contributed by atoms with van der Waals surface area (Å²) < 4.78 is 38.6. The zero-order valence-corrected chi connectivity index (χ0v) is 14.1. The van der Waals surface area contributed by atoms with Crippen LogP contribution >= 0.6 is 0 Å². The fraction of sp³-hybridized carbons (Fsp3) is 0.500. The first-order chi connectivity index (χ1) is 12.0.